The summed E-state index contributed by atoms with van der Waals surface area (Å²) in [7, 11) is 0. The van der Waals surface area contributed by atoms with Crippen LogP contribution in [-0.2, 0) is 4.74 Å². The molecule has 2 N–H and O–H groups in total. The van der Waals surface area contributed by atoms with E-state index in [4.69, 9.17) is 4.74 Å². The molecule has 0 radical (unpaired) electrons. The zero-order valence-corrected chi connectivity index (χ0v) is 11.8. The molecule has 0 bridgehead atoms. The number of rotatable bonds is 6. The van der Waals surface area contributed by atoms with Crippen LogP contribution in [0.25, 0.3) is 0 Å². The van der Waals surface area contributed by atoms with Gasteiger partial charge in [-0.3, -0.25) is 0 Å². The van der Waals surface area contributed by atoms with Crippen LogP contribution >= 0.6 is 0 Å². The standard InChI is InChI=1S/C14H26N2O2/c1-14(2,3)18-13(17)16-10-5-4-9-15-11-12-7-6-8-12/h4-5,12,15H,6-11H2,1-3H3,(H,16,17)/b5-4+. The summed E-state index contributed by atoms with van der Waals surface area (Å²) >= 11 is 0. The molecule has 0 aromatic heterocycles. The predicted molar refractivity (Wildman–Crippen MR) is 73.6 cm³/mol. The smallest absolute Gasteiger partial charge is 0.407 e. The Kier molecular flexibility index (Phi) is 6.19. The quantitative estimate of drug-likeness (QED) is 0.565. The van der Waals surface area contributed by atoms with Gasteiger partial charge >= 0.3 is 6.09 Å². The first-order chi connectivity index (χ1) is 8.47. The third-order valence-corrected chi connectivity index (χ3v) is 2.85. The van der Waals surface area contributed by atoms with Crippen LogP contribution in [0.1, 0.15) is 40.0 Å². The molecule has 1 amide bonds. The highest BCUT2D eigenvalue weighted by Crippen LogP contribution is 2.24. The van der Waals surface area contributed by atoms with Gasteiger partial charge in [0.05, 0.1) is 0 Å². The van der Waals surface area contributed by atoms with Crippen molar-refractivity contribution in [2.75, 3.05) is 19.6 Å². The largest absolute Gasteiger partial charge is 0.444 e. The number of ether oxygens (including phenoxy) is 1. The SMILES string of the molecule is CC(C)(C)OC(=O)NC/C=C/CNCC1CCC1. The van der Waals surface area contributed by atoms with Crippen molar-refractivity contribution in [2.45, 2.75) is 45.6 Å². The normalized spacial score (nSPS) is 16.6. The van der Waals surface area contributed by atoms with Crippen LogP contribution < -0.4 is 10.6 Å². The van der Waals surface area contributed by atoms with Crippen molar-refractivity contribution < 1.29 is 9.53 Å². The number of hydrogen-bond donors (Lipinski definition) is 2. The fourth-order valence-electron chi connectivity index (χ4n) is 1.69. The maximum absolute atomic E-state index is 11.3. The monoisotopic (exact) mass is 254 g/mol. The third kappa shape index (κ3) is 7.33. The molecule has 0 heterocycles. The van der Waals surface area contributed by atoms with Crippen molar-refractivity contribution in [3.8, 4) is 0 Å². The van der Waals surface area contributed by atoms with Crippen molar-refractivity contribution in [1.82, 2.24) is 10.6 Å². The van der Waals surface area contributed by atoms with Crippen LogP contribution in [-0.4, -0.2) is 31.3 Å². The minimum absolute atomic E-state index is 0.366. The summed E-state index contributed by atoms with van der Waals surface area (Å²) in [6.45, 7) is 8.06. The molecule has 1 aliphatic rings. The lowest BCUT2D eigenvalue weighted by Crippen LogP contribution is -2.32. The number of carbonyl (C=O) groups is 1. The molecule has 0 aliphatic heterocycles. The summed E-state index contributed by atoms with van der Waals surface area (Å²) in [6, 6.07) is 0. The molecule has 104 valence electrons. The van der Waals surface area contributed by atoms with E-state index in [2.05, 4.69) is 10.6 Å². The zero-order chi connectivity index (χ0) is 13.4. The minimum Gasteiger partial charge on any atom is -0.444 e. The van der Waals surface area contributed by atoms with Gasteiger partial charge in [-0.25, -0.2) is 4.79 Å². The van der Waals surface area contributed by atoms with Crippen molar-refractivity contribution in [3.05, 3.63) is 12.2 Å². The zero-order valence-electron chi connectivity index (χ0n) is 11.8. The Morgan fingerprint density at radius 2 is 1.94 bits per heavy atom. The van der Waals surface area contributed by atoms with E-state index >= 15 is 0 Å². The second kappa shape index (κ2) is 7.41. The molecule has 0 aromatic carbocycles. The van der Waals surface area contributed by atoms with Gasteiger partial charge < -0.3 is 15.4 Å². The highest BCUT2D eigenvalue weighted by Gasteiger charge is 2.16. The number of amides is 1. The molecular formula is C14H26N2O2. The number of alkyl carbamates (subject to hydrolysis) is 1. The average molecular weight is 254 g/mol. The molecule has 0 atom stereocenters. The summed E-state index contributed by atoms with van der Waals surface area (Å²) in [6.07, 6.45) is 7.75. The fourth-order valence-corrected chi connectivity index (χ4v) is 1.69. The number of carbonyl (C=O) groups excluding carboxylic acids is 1. The van der Waals surface area contributed by atoms with Gasteiger partial charge in [0.2, 0.25) is 0 Å². The lowest BCUT2D eigenvalue weighted by molar-refractivity contribution is 0.0534. The molecule has 1 aliphatic carbocycles. The summed E-state index contributed by atoms with van der Waals surface area (Å²) < 4.78 is 5.12. The predicted octanol–water partition coefficient (Wildman–Crippen LogP) is 2.46. The van der Waals surface area contributed by atoms with Gasteiger partial charge in [-0.1, -0.05) is 18.6 Å². The van der Waals surface area contributed by atoms with Crippen LogP contribution in [0.15, 0.2) is 12.2 Å². The molecular weight excluding hydrogens is 228 g/mol. The molecule has 1 fully saturated rings. The van der Waals surface area contributed by atoms with Gasteiger partial charge in [0, 0.05) is 13.1 Å². The van der Waals surface area contributed by atoms with E-state index in [1.54, 1.807) is 0 Å². The van der Waals surface area contributed by atoms with E-state index in [0.717, 1.165) is 19.0 Å². The van der Waals surface area contributed by atoms with E-state index in [1.165, 1.54) is 19.3 Å². The number of hydrogen-bond acceptors (Lipinski definition) is 3. The van der Waals surface area contributed by atoms with Gasteiger partial charge in [0.1, 0.15) is 5.60 Å². The van der Waals surface area contributed by atoms with E-state index in [0.29, 0.717) is 6.54 Å². The Morgan fingerprint density at radius 1 is 1.28 bits per heavy atom. The van der Waals surface area contributed by atoms with Crippen molar-refractivity contribution in [2.24, 2.45) is 5.92 Å². The molecule has 0 saturated heterocycles. The highest BCUT2D eigenvalue weighted by molar-refractivity contribution is 5.67. The van der Waals surface area contributed by atoms with Crippen LogP contribution in [0.4, 0.5) is 4.79 Å². The van der Waals surface area contributed by atoms with Crippen LogP contribution in [0.3, 0.4) is 0 Å². The first-order valence-electron chi connectivity index (χ1n) is 6.80. The maximum atomic E-state index is 11.3. The summed E-state index contributed by atoms with van der Waals surface area (Å²) in [5.41, 5.74) is -0.432. The van der Waals surface area contributed by atoms with Crippen molar-refractivity contribution >= 4 is 6.09 Å². The topological polar surface area (TPSA) is 50.4 Å². The molecule has 1 rings (SSSR count). The average Bonchev–Trinajstić information content (AvgIpc) is 2.16. The first kappa shape index (κ1) is 15.0. The molecule has 4 nitrogen and oxygen atoms in total. The van der Waals surface area contributed by atoms with E-state index < -0.39 is 5.60 Å². The lowest BCUT2D eigenvalue weighted by atomic mass is 9.85. The van der Waals surface area contributed by atoms with Gasteiger partial charge in [0.15, 0.2) is 0 Å². The Labute approximate surface area is 110 Å². The Balaban J connectivity index is 1.94. The van der Waals surface area contributed by atoms with E-state index in [-0.39, 0.29) is 6.09 Å². The van der Waals surface area contributed by atoms with E-state index in [1.807, 2.05) is 32.9 Å². The second-order valence-corrected chi connectivity index (χ2v) is 5.81. The molecule has 4 heteroatoms. The second-order valence-electron chi connectivity index (χ2n) is 5.81. The fraction of sp³-hybridized carbons (Fsp3) is 0.786. The highest BCUT2D eigenvalue weighted by atomic mass is 16.6. The minimum atomic E-state index is -0.432. The molecule has 18 heavy (non-hydrogen) atoms. The van der Waals surface area contributed by atoms with Gasteiger partial charge in [-0.05, 0) is 46.1 Å². The van der Waals surface area contributed by atoms with Gasteiger partial charge in [-0.2, -0.15) is 0 Å². The summed E-state index contributed by atoms with van der Waals surface area (Å²) in [5.74, 6) is 0.887. The van der Waals surface area contributed by atoms with Crippen molar-refractivity contribution in [3.63, 3.8) is 0 Å². The Hall–Kier alpha value is -1.03. The lowest BCUT2D eigenvalue weighted by Gasteiger charge is -2.25. The molecule has 0 aromatic rings. The number of nitrogens with one attached hydrogen (secondary N) is 2. The van der Waals surface area contributed by atoms with Crippen LogP contribution in [0, 0.1) is 5.92 Å². The molecule has 0 spiro atoms. The Morgan fingerprint density at radius 3 is 2.50 bits per heavy atom. The summed E-state index contributed by atoms with van der Waals surface area (Å²) in [4.78, 5) is 11.3. The Bertz CT molecular complexity index is 278. The van der Waals surface area contributed by atoms with Crippen LogP contribution in [0.5, 0.6) is 0 Å². The van der Waals surface area contributed by atoms with Gasteiger partial charge in [-0.15, -0.1) is 0 Å². The van der Waals surface area contributed by atoms with Gasteiger partial charge in [0.25, 0.3) is 0 Å². The molecule has 1 saturated carbocycles. The van der Waals surface area contributed by atoms with E-state index in [9.17, 15) is 4.79 Å². The van der Waals surface area contributed by atoms with Crippen molar-refractivity contribution in [1.29, 1.82) is 0 Å². The maximum Gasteiger partial charge on any atom is 0.407 e. The summed E-state index contributed by atoms with van der Waals surface area (Å²) in [5, 5.41) is 6.07. The first-order valence-corrected chi connectivity index (χ1v) is 6.80. The third-order valence-electron chi connectivity index (χ3n) is 2.85. The molecule has 0 unspecified atom stereocenters. The van der Waals surface area contributed by atoms with Crippen LogP contribution in [0.2, 0.25) is 0 Å².